The zero-order valence-electron chi connectivity index (χ0n) is 32.5. The molecule has 2 amide bonds. The van der Waals surface area contributed by atoms with Gasteiger partial charge in [0.1, 0.15) is 31.5 Å². The first-order valence-electron chi connectivity index (χ1n) is 19.4. The molecule has 17 heteroatoms. The molecule has 5 aromatic rings. The third kappa shape index (κ3) is 7.94. The van der Waals surface area contributed by atoms with Gasteiger partial charge in [0, 0.05) is 12.5 Å². The molecule has 0 unspecified atom stereocenters. The fraction of sp³-hybridized carbons (Fsp3) is 0.381. The number of aliphatic hydroxyl groups is 1. The van der Waals surface area contributed by atoms with Gasteiger partial charge in [-0.3, -0.25) is 24.5 Å². The largest absolute Gasteiger partial charge is 0.463 e. The summed E-state index contributed by atoms with van der Waals surface area (Å²) < 4.78 is 30.8. The van der Waals surface area contributed by atoms with Crippen LogP contribution in [0.15, 0.2) is 90.0 Å². The van der Waals surface area contributed by atoms with Gasteiger partial charge in [-0.05, 0) is 60.9 Å². The number of nitrogens with zero attached hydrogens (tertiary/aromatic N) is 3. The molecule has 2 aromatic heterocycles. The van der Waals surface area contributed by atoms with Gasteiger partial charge in [0.2, 0.25) is 5.95 Å². The lowest BCUT2D eigenvalue weighted by molar-refractivity contribution is -0.199. The maximum atomic E-state index is 14.2. The number of carbonyl (C=O) groups is 3. The van der Waals surface area contributed by atoms with Crippen molar-refractivity contribution in [2.24, 2.45) is 5.73 Å². The summed E-state index contributed by atoms with van der Waals surface area (Å²) in [5.74, 6) is -3.53. The Hall–Kier alpha value is -5.98. The molecular formula is C42H45N7O10. The van der Waals surface area contributed by atoms with Crippen LogP contribution in [0.3, 0.4) is 0 Å². The first kappa shape index (κ1) is 39.8. The summed E-state index contributed by atoms with van der Waals surface area (Å²) in [5, 5.41) is 15.2. The molecule has 59 heavy (non-hydrogen) atoms. The van der Waals surface area contributed by atoms with Gasteiger partial charge in [0.15, 0.2) is 28.7 Å². The second kappa shape index (κ2) is 16.3. The topological polar surface area (TPSA) is 231 Å². The molecule has 2 fully saturated rings. The third-order valence-electron chi connectivity index (χ3n) is 10.8. The fourth-order valence-electron chi connectivity index (χ4n) is 7.95. The molecule has 4 heterocycles. The highest BCUT2D eigenvalue weighted by atomic mass is 16.8. The van der Waals surface area contributed by atoms with Gasteiger partial charge in [-0.1, -0.05) is 78.9 Å². The number of hydrogen-bond donors (Lipinski definition) is 5. The van der Waals surface area contributed by atoms with E-state index in [4.69, 9.17) is 29.4 Å². The number of rotatable bonds is 14. The molecule has 2 saturated heterocycles. The molecule has 5 atom stereocenters. The fourth-order valence-corrected chi connectivity index (χ4v) is 7.95. The summed E-state index contributed by atoms with van der Waals surface area (Å²) in [6.07, 6.45) is -1.80. The zero-order valence-corrected chi connectivity index (χ0v) is 32.5. The number of aromatic nitrogens is 4. The normalized spacial score (nSPS) is 21.3. The number of ether oxygens (including phenoxy) is 5. The smallest absolute Gasteiger partial charge is 0.407 e. The number of hydrogen-bond acceptors (Lipinski definition) is 13. The van der Waals surface area contributed by atoms with E-state index in [9.17, 15) is 24.3 Å². The molecule has 17 nitrogen and oxygen atoms in total. The second-order valence-corrected chi connectivity index (χ2v) is 15.2. The van der Waals surface area contributed by atoms with Crippen molar-refractivity contribution in [1.29, 1.82) is 0 Å². The predicted octanol–water partition coefficient (Wildman–Crippen LogP) is 3.62. The van der Waals surface area contributed by atoms with E-state index in [2.05, 4.69) is 25.6 Å². The number of fused-ring (bicyclic) bond motifs is 5. The lowest BCUT2D eigenvalue weighted by atomic mass is 9.92. The quantitative estimate of drug-likeness (QED) is 0.0614. The standard InChI is InChI=1S/C42H45N7O10/c1-41(2)58-32-30(20-50)57-36(33(32)59-41)49-23-45-31-34(49)46-39(47-35(31)51)48-37(52)42(43,18-10-11-19-44-40(54)56-21-24-12-4-3-5-13-24)38(53)55-22-29-27-16-8-6-14-25(27)26-15-7-9-17-28(26)29/h3-9,12-17,23,29-30,32-33,36,50H,10-11,18-22,43H2,1-2H3,(H,44,54)(H2,46,47,48,51,52)/t30-,32-,33-,36-,42+/m1/s1. The highest BCUT2D eigenvalue weighted by molar-refractivity contribution is 6.12. The van der Waals surface area contributed by atoms with Crippen LogP contribution in [0.1, 0.15) is 61.9 Å². The van der Waals surface area contributed by atoms with Crippen molar-refractivity contribution >= 4 is 35.1 Å². The number of nitrogens with one attached hydrogen (secondary N) is 3. The van der Waals surface area contributed by atoms with Crippen molar-refractivity contribution in [3.63, 3.8) is 0 Å². The lowest BCUT2D eigenvalue weighted by Gasteiger charge is -2.27. The molecule has 3 aromatic carbocycles. The van der Waals surface area contributed by atoms with Crippen molar-refractivity contribution in [3.8, 4) is 11.1 Å². The van der Waals surface area contributed by atoms with Gasteiger partial charge in [0.25, 0.3) is 11.5 Å². The Morgan fingerprint density at radius 2 is 1.63 bits per heavy atom. The van der Waals surface area contributed by atoms with Crippen LogP contribution < -0.4 is 21.9 Å². The first-order chi connectivity index (χ1) is 28.5. The number of esters is 1. The van der Waals surface area contributed by atoms with Crippen molar-refractivity contribution < 1.29 is 43.2 Å². The van der Waals surface area contributed by atoms with E-state index >= 15 is 0 Å². The molecule has 8 rings (SSSR count). The van der Waals surface area contributed by atoms with Crippen molar-refractivity contribution in [2.75, 3.05) is 25.1 Å². The molecule has 2 aliphatic heterocycles. The van der Waals surface area contributed by atoms with Gasteiger partial charge in [-0.25, -0.2) is 14.6 Å². The van der Waals surface area contributed by atoms with Crippen LogP contribution in [0, 0.1) is 0 Å². The Morgan fingerprint density at radius 3 is 2.34 bits per heavy atom. The SMILES string of the molecule is CC1(C)O[C@@H]2[C@H](O1)[C@@H](CO)O[C@H]2n1cnc2c(=O)[nH]c(NC(=O)[C@@](N)(CCCCNC(=O)OCc3ccccc3)C(=O)OCC3c4ccccc4-c4ccccc43)nc21. The van der Waals surface area contributed by atoms with E-state index < -0.39 is 59.4 Å². The van der Waals surface area contributed by atoms with Crippen molar-refractivity contribution in [3.05, 3.63) is 112 Å². The maximum Gasteiger partial charge on any atom is 0.407 e. The Bertz CT molecular complexity index is 2370. The monoisotopic (exact) mass is 807 g/mol. The number of anilines is 1. The van der Waals surface area contributed by atoms with E-state index in [0.717, 1.165) is 27.8 Å². The molecule has 1 aliphatic carbocycles. The van der Waals surface area contributed by atoms with Gasteiger partial charge >= 0.3 is 12.1 Å². The summed E-state index contributed by atoms with van der Waals surface area (Å²) >= 11 is 0. The molecular weight excluding hydrogens is 763 g/mol. The van der Waals surface area contributed by atoms with Gasteiger partial charge in [-0.15, -0.1) is 0 Å². The average molecular weight is 808 g/mol. The average Bonchev–Trinajstić information content (AvgIpc) is 3.98. The van der Waals surface area contributed by atoms with Crippen LogP contribution in [0.2, 0.25) is 0 Å². The van der Waals surface area contributed by atoms with Crippen LogP contribution >= 0.6 is 0 Å². The van der Waals surface area contributed by atoms with Crippen molar-refractivity contribution in [2.45, 2.75) is 81.5 Å². The highest BCUT2D eigenvalue weighted by Crippen LogP contribution is 2.45. The predicted molar refractivity (Wildman–Crippen MR) is 212 cm³/mol. The molecule has 6 N–H and O–H groups in total. The minimum atomic E-state index is -2.25. The zero-order chi connectivity index (χ0) is 41.3. The van der Waals surface area contributed by atoms with Crippen LogP contribution in [0.5, 0.6) is 0 Å². The number of amides is 2. The Kier molecular flexibility index (Phi) is 11.0. The number of H-pyrrole nitrogens is 1. The molecule has 0 bridgehead atoms. The van der Waals surface area contributed by atoms with E-state index in [0.29, 0.717) is 6.42 Å². The second-order valence-electron chi connectivity index (χ2n) is 15.2. The Morgan fingerprint density at radius 1 is 0.949 bits per heavy atom. The van der Waals surface area contributed by atoms with E-state index in [1.54, 1.807) is 13.8 Å². The maximum absolute atomic E-state index is 14.2. The van der Waals surface area contributed by atoms with Gasteiger partial charge in [-0.2, -0.15) is 4.98 Å². The number of alkyl carbamates (subject to hydrolysis) is 1. The number of aliphatic hydroxyl groups excluding tert-OH is 1. The number of nitrogens with two attached hydrogens (primary N) is 1. The minimum absolute atomic E-state index is 0.0358. The summed E-state index contributed by atoms with van der Waals surface area (Å²) in [6.45, 7) is 3.33. The summed E-state index contributed by atoms with van der Waals surface area (Å²) in [4.78, 5) is 65.1. The number of unbranched alkanes of at least 4 members (excludes halogenated alkanes) is 1. The van der Waals surface area contributed by atoms with Gasteiger partial charge in [0.05, 0.1) is 12.9 Å². The minimum Gasteiger partial charge on any atom is -0.463 e. The molecule has 0 radical (unpaired) electrons. The molecule has 308 valence electrons. The molecule has 3 aliphatic rings. The summed E-state index contributed by atoms with van der Waals surface area (Å²) in [7, 11) is 0. The number of aromatic amines is 1. The Labute approximate surface area is 338 Å². The molecule has 0 spiro atoms. The van der Waals surface area contributed by atoms with Crippen LogP contribution in [0.4, 0.5) is 10.7 Å². The highest BCUT2D eigenvalue weighted by Gasteiger charge is 2.56. The number of benzene rings is 3. The lowest BCUT2D eigenvalue weighted by Crippen LogP contribution is -2.58. The first-order valence-corrected chi connectivity index (χ1v) is 19.4. The Balaban J connectivity index is 0.996. The van der Waals surface area contributed by atoms with E-state index in [1.807, 2.05) is 78.9 Å². The van der Waals surface area contributed by atoms with Crippen molar-refractivity contribution in [1.82, 2.24) is 24.8 Å². The van der Waals surface area contributed by atoms with E-state index in [1.165, 1.54) is 10.9 Å². The summed E-state index contributed by atoms with van der Waals surface area (Å²) in [6, 6.07) is 24.9. The van der Waals surface area contributed by atoms with Crippen LogP contribution in [-0.4, -0.2) is 92.0 Å². The molecule has 0 saturated carbocycles. The number of carbonyl (C=O) groups excluding carboxylic acids is 3. The third-order valence-corrected chi connectivity index (χ3v) is 10.8. The van der Waals surface area contributed by atoms with Crippen LogP contribution in [0.25, 0.3) is 22.3 Å². The van der Waals surface area contributed by atoms with Crippen LogP contribution in [-0.2, 0) is 39.9 Å². The van der Waals surface area contributed by atoms with E-state index in [-0.39, 0.29) is 62.2 Å². The number of imidazole rings is 1. The summed E-state index contributed by atoms with van der Waals surface area (Å²) in [5.41, 5.74) is 8.62. The van der Waals surface area contributed by atoms with Gasteiger partial charge < -0.3 is 39.8 Å².